The molecule has 0 N–H and O–H groups in total. The van der Waals surface area contributed by atoms with Gasteiger partial charge in [0.25, 0.3) is 0 Å². The third-order valence-corrected chi connectivity index (χ3v) is 6.12. The second-order valence-electron chi connectivity index (χ2n) is 8.37. The van der Waals surface area contributed by atoms with Crippen LogP contribution in [0.25, 0.3) is 0 Å². The number of hydrogen-bond acceptors (Lipinski definition) is 2. The van der Waals surface area contributed by atoms with E-state index in [2.05, 4.69) is 35.1 Å². The van der Waals surface area contributed by atoms with E-state index in [1.54, 1.807) is 0 Å². The maximum absolute atomic E-state index is 11.1. The van der Waals surface area contributed by atoms with Crippen molar-refractivity contribution in [2.24, 2.45) is 0 Å². The topological polar surface area (TPSA) is 26.3 Å². The van der Waals surface area contributed by atoms with E-state index in [-0.39, 0.29) is 18.4 Å². The van der Waals surface area contributed by atoms with E-state index in [1.807, 2.05) is 0 Å². The van der Waals surface area contributed by atoms with Gasteiger partial charge < -0.3 is 21.6 Å². The second kappa shape index (κ2) is 14.9. The van der Waals surface area contributed by atoms with E-state index in [9.17, 15) is 4.79 Å². The molecule has 160 valence electrons. The molecule has 3 nitrogen and oxygen atoms in total. The van der Waals surface area contributed by atoms with Gasteiger partial charge in [-0.3, -0.25) is 4.79 Å². The second-order valence-corrected chi connectivity index (χ2v) is 8.37. The lowest BCUT2D eigenvalue weighted by Gasteiger charge is -2.42. The van der Waals surface area contributed by atoms with Crippen molar-refractivity contribution in [3.05, 3.63) is 35.9 Å². The average Bonchev–Trinajstić information content (AvgIpc) is 2.70. The van der Waals surface area contributed by atoms with Crippen molar-refractivity contribution in [1.82, 2.24) is 0 Å². The van der Waals surface area contributed by atoms with Gasteiger partial charge in [0.15, 0.2) is 0 Å². The third kappa shape index (κ3) is 9.93. The van der Waals surface area contributed by atoms with Crippen molar-refractivity contribution >= 4 is 5.97 Å². The Bertz CT molecular complexity index is 515. The monoisotopic (exact) mass is 409 g/mol. The number of benzene rings is 1. The SMILES string of the molecule is COC(=O)CCCCCCCCCC[N+]1(Cc2ccccc2)CCCCC1.[Cl-]. The first-order valence-electron chi connectivity index (χ1n) is 11.2. The third-order valence-electron chi connectivity index (χ3n) is 6.12. The summed E-state index contributed by atoms with van der Waals surface area (Å²) in [6, 6.07) is 11.1. The molecule has 1 aliphatic heterocycles. The zero-order valence-electron chi connectivity index (χ0n) is 17.8. The molecular formula is C24H40ClNO2. The van der Waals surface area contributed by atoms with Gasteiger partial charge in [-0.2, -0.15) is 0 Å². The van der Waals surface area contributed by atoms with Crippen LogP contribution in [0.2, 0.25) is 0 Å². The molecule has 1 aromatic carbocycles. The molecule has 2 rings (SSSR count). The molecule has 1 saturated heterocycles. The molecule has 1 heterocycles. The van der Waals surface area contributed by atoms with Gasteiger partial charge in [-0.15, -0.1) is 0 Å². The summed E-state index contributed by atoms with van der Waals surface area (Å²) < 4.78 is 5.99. The van der Waals surface area contributed by atoms with Crippen LogP contribution in [0.5, 0.6) is 0 Å². The van der Waals surface area contributed by atoms with Gasteiger partial charge in [0, 0.05) is 12.0 Å². The number of esters is 1. The van der Waals surface area contributed by atoms with Gasteiger partial charge >= 0.3 is 5.97 Å². The van der Waals surface area contributed by atoms with Gasteiger partial charge in [0.1, 0.15) is 6.54 Å². The Balaban J connectivity index is 0.00000392. The van der Waals surface area contributed by atoms with Crippen LogP contribution in [0.1, 0.15) is 82.6 Å². The van der Waals surface area contributed by atoms with Crippen LogP contribution >= 0.6 is 0 Å². The lowest BCUT2D eigenvalue weighted by Crippen LogP contribution is -3.00. The summed E-state index contributed by atoms with van der Waals surface area (Å²) in [5.74, 6) is -0.0692. The summed E-state index contributed by atoms with van der Waals surface area (Å²) in [4.78, 5) is 11.1. The first-order chi connectivity index (χ1) is 13.2. The molecule has 0 aromatic heterocycles. The number of halogens is 1. The van der Waals surface area contributed by atoms with Crippen LogP contribution in [0, 0.1) is 0 Å². The van der Waals surface area contributed by atoms with Gasteiger partial charge in [-0.1, -0.05) is 62.4 Å². The van der Waals surface area contributed by atoms with Crippen LogP contribution in [0.15, 0.2) is 30.3 Å². The standard InChI is InChI=1S/C24H40NO2.ClH/c1-27-24(26)18-12-6-4-2-3-5-7-13-19-25(20-14-9-15-21-25)22-23-16-10-8-11-17-23;/h8,10-11,16-17H,2-7,9,12-15,18-22H2,1H3;1H/q+1;/p-1. The molecule has 1 aromatic rings. The van der Waals surface area contributed by atoms with Crippen molar-refractivity contribution in [2.75, 3.05) is 26.7 Å². The molecular weight excluding hydrogens is 370 g/mol. The zero-order chi connectivity index (χ0) is 19.2. The average molecular weight is 410 g/mol. The minimum Gasteiger partial charge on any atom is -1.00 e. The van der Waals surface area contributed by atoms with Crippen molar-refractivity contribution in [2.45, 2.75) is 83.6 Å². The number of methoxy groups -OCH3 is 1. The Hall–Kier alpha value is -1.06. The number of carbonyl (C=O) groups is 1. The fourth-order valence-corrected chi connectivity index (χ4v) is 4.49. The molecule has 0 bridgehead atoms. The number of ether oxygens (including phenoxy) is 1. The fraction of sp³-hybridized carbons (Fsp3) is 0.708. The van der Waals surface area contributed by atoms with Crippen molar-refractivity contribution in [1.29, 1.82) is 0 Å². The Morgan fingerprint density at radius 1 is 0.857 bits per heavy atom. The molecule has 0 spiro atoms. The number of piperidine rings is 1. The molecule has 0 saturated carbocycles. The van der Waals surface area contributed by atoms with E-state index in [4.69, 9.17) is 0 Å². The van der Waals surface area contributed by atoms with Gasteiger partial charge in [-0.05, 0) is 38.5 Å². The van der Waals surface area contributed by atoms with Gasteiger partial charge in [0.05, 0.1) is 26.7 Å². The highest BCUT2D eigenvalue weighted by Crippen LogP contribution is 2.24. The van der Waals surface area contributed by atoms with E-state index in [0.717, 1.165) is 12.8 Å². The van der Waals surface area contributed by atoms with Crippen LogP contribution in [0.3, 0.4) is 0 Å². The predicted molar refractivity (Wildman–Crippen MR) is 112 cm³/mol. The number of rotatable bonds is 13. The summed E-state index contributed by atoms with van der Waals surface area (Å²) in [6.45, 7) is 5.32. The molecule has 0 radical (unpaired) electrons. The number of unbranched alkanes of at least 4 members (excludes halogenated alkanes) is 7. The highest BCUT2D eigenvalue weighted by atomic mass is 35.5. The van der Waals surface area contributed by atoms with Crippen molar-refractivity contribution in [3.63, 3.8) is 0 Å². The maximum Gasteiger partial charge on any atom is 0.305 e. The minimum absolute atomic E-state index is 0. The summed E-state index contributed by atoms with van der Waals surface area (Å²) in [6.07, 6.45) is 15.0. The zero-order valence-corrected chi connectivity index (χ0v) is 18.6. The Morgan fingerprint density at radius 2 is 1.43 bits per heavy atom. The largest absolute Gasteiger partial charge is 1.00 e. The Labute approximate surface area is 178 Å². The first kappa shape index (κ1) is 25.0. The quantitative estimate of drug-likeness (QED) is 0.284. The van der Waals surface area contributed by atoms with Crippen LogP contribution < -0.4 is 12.4 Å². The molecule has 4 heteroatoms. The van der Waals surface area contributed by atoms with Crippen LogP contribution in [0.4, 0.5) is 0 Å². The predicted octanol–water partition coefficient (Wildman–Crippen LogP) is 2.88. The summed E-state index contributed by atoms with van der Waals surface area (Å²) >= 11 is 0. The van der Waals surface area contributed by atoms with Gasteiger partial charge in [0.2, 0.25) is 0 Å². The maximum atomic E-state index is 11.1. The summed E-state index contributed by atoms with van der Waals surface area (Å²) in [7, 11) is 1.47. The smallest absolute Gasteiger partial charge is 0.305 e. The van der Waals surface area contributed by atoms with Crippen molar-refractivity contribution in [3.8, 4) is 0 Å². The van der Waals surface area contributed by atoms with Gasteiger partial charge in [-0.25, -0.2) is 0 Å². The van der Waals surface area contributed by atoms with E-state index < -0.39 is 0 Å². The molecule has 0 atom stereocenters. The number of likely N-dealkylation sites (tertiary alicyclic amines) is 1. The fourth-order valence-electron chi connectivity index (χ4n) is 4.49. The normalized spacial score (nSPS) is 15.6. The molecule has 0 amide bonds. The minimum atomic E-state index is -0.0692. The van der Waals surface area contributed by atoms with Crippen LogP contribution in [-0.2, 0) is 16.1 Å². The molecule has 0 unspecified atom stereocenters. The van der Waals surface area contributed by atoms with Crippen molar-refractivity contribution < 1.29 is 26.4 Å². The lowest BCUT2D eigenvalue weighted by molar-refractivity contribution is -0.945. The van der Waals surface area contributed by atoms with E-state index >= 15 is 0 Å². The molecule has 28 heavy (non-hydrogen) atoms. The number of nitrogens with zero attached hydrogens (tertiary/aromatic N) is 1. The molecule has 1 aliphatic rings. The highest BCUT2D eigenvalue weighted by Gasteiger charge is 2.29. The summed E-state index contributed by atoms with van der Waals surface area (Å²) in [5, 5.41) is 0. The summed E-state index contributed by atoms with van der Waals surface area (Å²) in [5.41, 5.74) is 1.51. The van der Waals surface area contributed by atoms with Crippen LogP contribution in [-0.4, -0.2) is 37.2 Å². The Kier molecular flexibility index (Phi) is 13.3. The number of carbonyl (C=O) groups excluding carboxylic acids is 1. The molecule has 1 fully saturated rings. The van der Waals surface area contributed by atoms with E-state index in [0.29, 0.717) is 6.42 Å². The van der Waals surface area contributed by atoms with E-state index in [1.165, 1.54) is 101 Å². The number of hydrogen-bond donors (Lipinski definition) is 0. The molecule has 0 aliphatic carbocycles. The highest BCUT2D eigenvalue weighted by molar-refractivity contribution is 5.68. The first-order valence-corrected chi connectivity index (χ1v) is 11.2. The number of quaternary nitrogens is 1. The Morgan fingerprint density at radius 3 is 2.04 bits per heavy atom. The lowest BCUT2D eigenvalue weighted by atomic mass is 10.0.